The van der Waals surface area contributed by atoms with Crippen molar-refractivity contribution in [3.8, 4) is 39.9 Å². The lowest BCUT2D eigenvalue weighted by atomic mass is 9.96. The van der Waals surface area contributed by atoms with E-state index in [1.165, 1.54) is 58.9 Å². The van der Waals surface area contributed by atoms with Crippen LogP contribution in [0.15, 0.2) is 54.7 Å². The van der Waals surface area contributed by atoms with E-state index in [1.54, 1.807) is 18.2 Å². The highest BCUT2D eigenvalue weighted by atomic mass is 19.2. The van der Waals surface area contributed by atoms with Crippen LogP contribution >= 0.6 is 0 Å². The summed E-state index contributed by atoms with van der Waals surface area (Å²) in [5, 5.41) is 13.5. The van der Waals surface area contributed by atoms with Crippen molar-refractivity contribution < 1.29 is 42.4 Å². The number of halogens is 2. The second-order valence-electron chi connectivity index (χ2n) is 11.7. The van der Waals surface area contributed by atoms with Crippen LogP contribution in [0.25, 0.3) is 11.1 Å². The fraction of sp³-hybridized carbons (Fsp3) is 0.361. The Morgan fingerprint density at radius 1 is 0.922 bits per heavy atom. The Morgan fingerprint density at radius 3 is 2.31 bits per heavy atom. The van der Waals surface area contributed by atoms with Gasteiger partial charge in [-0.05, 0) is 37.7 Å². The number of nitrogens with one attached hydrogen (secondary N) is 1. The summed E-state index contributed by atoms with van der Waals surface area (Å²) in [4.78, 5) is 27.2. The summed E-state index contributed by atoms with van der Waals surface area (Å²) in [5.74, 6) is -0.422. The normalized spacial score (nSPS) is 13.4. The molecule has 5 rings (SSSR count). The highest BCUT2D eigenvalue weighted by Gasteiger charge is 2.26. The Morgan fingerprint density at radius 2 is 1.63 bits per heavy atom. The van der Waals surface area contributed by atoms with Gasteiger partial charge in [0.1, 0.15) is 17.3 Å². The van der Waals surface area contributed by atoms with Crippen LogP contribution in [0, 0.1) is 11.6 Å². The van der Waals surface area contributed by atoms with Gasteiger partial charge in [-0.25, -0.2) is 18.6 Å². The van der Waals surface area contributed by atoms with Crippen LogP contribution in [-0.4, -0.2) is 106 Å². The second kappa shape index (κ2) is 17.0. The first-order valence-corrected chi connectivity index (χ1v) is 16.3. The number of ether oxygens (including phenoxy) is 5. The number of carboxylic acid groups (broad SMARTS) is 1. The van der Waals surface area contributed by atoms with E-state index in [9.17, 15) is 14.3 Å². The van der Waals surface area contributed by atoms with E-state index in [0.717, 1.165) is 50.1 Å². The number of piperazine rings is 1. The van der Waals surface area contributed by atoms with Crippen molar-refractivity contribution in [1.29, 1.82) is 0 Å². The van der Waals surface area contributed by atoms with Gasteiger partial charge in [0, 0.05) is 73.4 Å². The molecule has 0 atom stereocenters. The molecule has 13 nitrogen and oxygen atoms in total. The lowest BCUT2D eigenvalue weighted by Crippen LogP contribution is -2.44. The Bertz CT molecular complexity index is 1820. The van der Waals surface area contributed by atoms with Gasteiger partial charge in [-0.3, -0.25) is 4.90 Å². The summed E-state index contributed by atoms with van der Waals surface area (Å²) >= 11 is 0. The third-order valence-corrected chi connectivity index (χ3v) is 8.53. The van der Waals surface area contributed by atoms with Crippen LogP contribution in [0.4, 0.5) is 31.0 Å². The Kier molecular flexibility index (Phi) is 12.3. The molecular weight excluding hydrogens is 666 g/mol. The van der Waals surface area contributed by atoms with E-state index in [1.807, 2.05) is 0 Å². The number of anilines is 3. The van der Waals surface area contributed by atoms with Gasteiger partial charge < -0.3 is 43.9 Å². The minimum Gasteiger partial charge on any atom is -0.496 e. The van der Waals surface area contributed by atoms with E-state index >= 15 is 4.39 Å². The zero-order valence-corrected chi connectivity index (χ0v) is 29.2. The van der Waals surface area contributed by atoms with Crippen molar-refractivity contribution in [3.63, 3.8) is 0 Å². The zero-order valence-electron chi connectivity index (χ0n) is 29.2. The number of hydrogen-bond acceptors (Lipinski definition) is 11. The average molecular weight is 709 g/mol. The summed E-state index contributed by atoms with van der Waals surface area (Å²) in [6, 6.07) is 11.6. The maximum atomic E-state index is 15.1. The molecular formula is C36H42F2N6O7. The van der Waals surface area contributed by atoms with Gasteiger partial charge in [0.15, 0.2) is 23.1 Å². The number of aromatic nitrogens is 2. The van der Waals surface area contributed by atoms with E-state index < -0.39 is 17.7 Å². The Hall–Kier alpha value is -5.41. The molecule has 0 unspecified atom stereocenters. The molecule has 1 amide bonds. The average Bonchev–Trinajstić information content (AvgIpc) is 3.13. The summed E-state index contributed by atoms with van der Waals surface area (Å²) in [6.07, 6.45) is 0.843. The van der Waals surface area contributed by atoms with E-state index in [-0.39, 0.29) is 46.5 Å². The van der Waals surface area contributed by atoms with Crippen LogP contribution in [0.5, 0.6) is 28.7 Å². The van der Waals surface area contributed by atoms with Gasteiger partial charge in [-0.2, -0.15) is 4.98 Å². The first-order chi connectivity index (χ1) is 24.7. The lowest BCUT2D eigenvalue weighted by Gasteiger charge is -2.32. The molecule has 1 saturated heterocycles. The molecule has 3 aromatic carbocycles. The first-order valence-electron chi connectivity index (χ1n) is 16.3. The molecule has 0 aliphatic carbocycles. The van der Waals surface area contributed by atoms with Crippen molar-refractivity contribution in [2.45, 2.75) is 13.0 Å². The van der Waals surface area contributed by atoms with E-state index in [2.05, 4.69) is 32.1 Å². The topological polar surface area (TPSA) is 131 Å². The fourth-order valence-corrected chi connectivity index (χ4v) is 5.86. The molecule has 0 bridgehead atoms. The molecule has 1 aromatic heterocycles. The maximum Gasteiger partial charge on any atom is 0.413 e. The number of carbonyl (C=O) groups is 1. The number of methoxy groups -OCH3 is 4. The molecule has 51 heavy (non-hydrogen) atoms. The van der Waals surface area contributed by atoms with Crippen molar-refractivity contribution in [2.24, 2.45) is 0 Å². The van der Waals surface area contributed by atoms with Crippen LogP contribution in [0.3, 0.4) is 0 Å². The Labute approximate surface area is 295 Å². The van der Waals surface area contributed by atoms with Crippen molar-refractivity contribution in [2.75, 3.05) is 85.0 Å². The minimum atomic E-state index is -1.37. The predicted octanol–water partition coefficient (Wildman–Crippen LogP) is 5.90. The van der Waals surface area contributed by atoms with Crippen molar-refractivity contribution in [3.05, 3.63) is 71.9 Å². The van der Waals surface area contributed by atoms with Crippen molar-refractivity contribution in [1.82, 2.24) is 19.8 Å². The Balaban J connectivity index is 1.41. The van der Waals surface area contributed by atoms with Gasteiger partial charge in [0.2, 0.25) is 11.7 Å². The SMILES string of the molecule is COc1ccc(OC)c(-c2cccc(F)c2F)c1CN(C(=O)O)c1ccnc(Nc2cc(OC)c(OC)c(OCCCN3CCN(C)CC3)c2)n1. The number of likely N-dealkylation sites (N-methyl/N-ethyl adjacent to an activating group) is 1. The molecule has 0 radical (unpaired) electrons. The van der Waals surface area contributed by atoms with Gasteiger partial charge >= 0.3 is 6.09 Å². The molecule has 15 heteroatoms. The molecule has 272 valence electrons. The fourth-order valence-electron chi connectivity index (χ4n) is 5.86. The lowest BCUT2D eigenvalue weighted by molar-refractivity contribution is 0.145. The largest absolute Gasteiger partial charge is 0.496 e. The third-order valence-electron chi connectivity index (χ3n) is 8.53. The molecule has 1 fully saturated rings. The number of benzene rings is 3. The smallest absolute Gasteiger partial charge is 0.413 e. The molecule has 2 N–H and O–H groups in total. The van der Waals surface area contributed by atoms with E-state index in [0.29, 0.717) is 29.5 Å². The summed E-state index contributed by atoms with van der Waals surface area (Å²) in [5.41, 5.74) is 0.737. The predicted molar refractivity (Wildman–Crippen MR) is 188 cm³/mol. The van der Waals surface area contributed by atoms with E-state index in [4.69, 9.17) is 23.7 Å². The minimum absolute atomic E-state index is 0.00334. The van der Waals surface area contributed by atoms with Crippen LogP contribution in [0.1, 0.15) is 12.0 Å². The summed E-state index contributed by atoms with van der Waals surface area (Å²) in [6.45, 7) is 5.11. The number of nitrogens with zero attached hydrogens (tertiary/aromatic N) is 5. The first kappa shape index (κ1) is 36.9. The molecule has 1 aliphatic heterocycles. The highest BCUT2D eigenvalue weighted by Crippen LogP contribution is 2.42. The summed E-state index contributed by atoms with van der Waals surface area (Å²) in [7, 11) is 7.93. The third kappa shape index (κ3) is 8.67. The molecule has 0 spiro atoms. The van der Waals surface area contributed by atoms with Crippen LogP contribution in [0.2, 0.25) is 0 Å². The van der Waals surface area contributed by atoms with Gasteiger partial charge in [0.05, 0.1) is 41.6 Å². The molecule has 2 heterocycles. The number of rotatable bonds is 15. The monoisotopic (exact) mass is 708 g/mol. The van der Waals surface area contributed by atoms with Crippen molar-refractivity contribution >= 4 is 23.5 Å². The van der Waals surface area contributed by atoms with Gasteiger partial charge in [-0.15, -0.1) is 0 Å². The van der Waals surface area contributed by atoms with Crippen LogP contribution in [-0.2, 0) is 6.54 Å². The second-order valence-corrected chi connectivity index (χ2v) is 11.7. The zero-order chi connectivity index (χ0) is 36.5. The quantitative estimate of drug-likeness (QED) is 0.143. The number of amides is 1. The maximum absolute atomic E-state index is 15.1. The summed E-state index contributed by atoms with van der Waals surface area (Å²) < 4.78 is 57.9. The van der Waals surface area contributed by atoms with Crippen LogP contribution < -0.4 is 33.9 Å². The van der Waals surface area contributed by atoms with Gasteiger partial charge in [-0.1, -0.05) is 12.1 Å². The molecule has 4 aromatic rings. The molecule has 0 saturated carbocycles. The standard InChI is InChI=1S/C36H42F2N6O7/c1-42-15-17-43(18-16-42)14-7-19-51-30-21-23(20-29(49-4)34(30)50-5)40-35-39-13-12-31(41-35)44(36(45)46)22-25-27(47-2)10-11-28(48-3)32(25)24-8-6-9-26(37)33(24)38/h6,8-13,20-21H,7,14-19,22H2,1-5H3,(H,45,46)(H,39,40,41). The van der Waals surface area contributed by atoms with Gasteiger partial charge in [0.25, 0.3) is 0 Å². The number of hydrogen-bond donors (Lipinski definition) is 2. The highest BCUT2D eigenvalue weighted by molar-refractivity contribution is 5.86. The molecule has 1 aliphatic rings.